The first-order valence-corrected chi connectivity index (χ1v) is 4.67. The van der Waals surface area contributed by atoms with Crippen LogP contribution in [-0.4, -0.2) is 13.2 Å². The van der Waals surface area contributed by atoms with Gasteiger partial charge in [-0.15, -0.1) is 6.42 Å². The van der Waals surface area contributed by atoms with Gasteiger partial charge >= 0.3 is 0 Å². The largest absolute Gasteiger partial charge is 0.486 e. The highest BCUT2D eigenvalue weighted by molar-refractivity contribution is 5.45. The van der Waals surface area contributed by atoms with E-state index in [2.05, 4.69) is 5.92 Å². The third-order valence-corrected chi connectivity index (χ3v) is 2.32. The average molecular weight is 188 g/mol. The minimum atomic E-state index is 0.117. The van der Waals surface area contributed by atoms with Crippen molar-refractivity contribution in [1.29, 1.82) is 0 Å². The van der Waals surface area contributed by atoms with Crippen molar-refractivity contribution in [1.82, 2.24) is 0 Å². The molecule has 1 aromatic rings. The maximum Gasteiger partial charge on any atom is 0.161 e. The summed E-state index contributed by atoms with van der Waals surface area (Å²) in [6, 6.07) is 5.86. The van der Waals surface area contributed by atoms with Crippen molar-refractivity contribution in [2.75, 3.05) is 13.2 Å². The summed E-state index contributed by atoms with van der Waals surface area (Å²) < 4.78 is 10.9. The second kappa shape index (κ2) is 3.63. The van der Waals surface area contributed by atoms with Gasteiger partial charge in [0.05, 0.1) is 0 Å². The molecule has 1 aromatic carbocycles. The molecule has 0 radical (unpaired) electrons. The Kier molecular flexibility index (Phi) is 2.32. The van der Waals surface area contributed by atoms with Crippen LogP contribution in [0, 0.1) is 12.3 Å². The molecule has 2 nitrogen and oxygen atoms in total. The van der Waals surface area contributed by atoms with Crippen molar-refractivity contribution in [3.63, 3.8) is 0 Å². The maximum atomic E-state index is 5.47. The molecular weight excluding hydrogens is 176 g/mol. The van der Waals surface area contributed by atoms with Crippen LogP contribution in [0.3, 0.4) is 0 Å². The van der Waals surface area contributed by atoms with E-state index in [4.69, 9.17) is 15.9 Å². The van der Waals surface area contributed by atoms with Crippen LogP contribution in [0.5, 0.6) is 11.5 Å². The van der Waals surface area contributed by atoms with E-state index in [0.717, 1.165) is 17.1 Å². The third kappa shape index (κ3) is 1.54. The highest BCUT2D eigenvalue weighted by atomic mass is 16.6. The molecule has 0 saturated carbocycles. The first-order valence-electron chi connectivity index (χ1n) is 4.67. The Morgan fingerprint density at radius 2 is 2.00 bits per heavy atom. The van der Waals surface area contributed by atoms with Crippen molar-refractivity contribution in [3.05, 3.63) is 23.8 Å². The molecule has 14 heavy (non-hydrogen) atoms. The SMILES string of the molecule is C#C[C@@H](C)c1ccc2c(c1)OCCO2. The van der Waals surface area contributed by atoms with E-state index in [0.29, 0.717) is 13.2 Å². The summed E-state index contributed by atoms with van der Waals surface area (Å²) in [4.78, 5) is 0. The van der Waals surface area contributed by atoms with Crippen LogP contribution in [0.2, 0.25) is 0 Å². The van der Waals surface area contributed by atoms with Gasteiger partial charge in [0.2, 0.25) is 0 Å². The molecule has 0 aromatic heterocycles. The maximum absolute atomic E-state index is 5.47. The second-order valence-electron chi connectivity index (χ2n) is 3.29. The van der Waals surface area contributed by atoms with Gasteiger partial charge in [-0.3, -0.25) is 0 Å². The normalized spacial score (nSPS) is 15.7. The van der Waals surface area contributed by atoms with Crippen LogP contribution < -0.4 is 9.47 Å². The van der Waals surface area contributed by atoms with Gasteiger partial charge in [-0.25, -0.2) is 0 Å². The molecule has 1 heterocycles. The second-order valence-corrected chi connectivity index (χ2v) is 3.29. The van der Waals surface area contributed by atoms with Crippen LogP contribution in [0.15, 0.2) is 18.2 Å². The zero-order valence-electron chi connectivity index (χ0n) is 8.12. The van der Waals surface area contributed by atoms with E-state index in [-0.39, 0.29) is 5.92 Å². The van der Waals surface area contributed by atoms with Crippen molar-refractivity contribution in [2.45, 2.75) is 12.8 Å². The molecule has 72 valence electrons. The van der Waals surface area contributed by atoms with Gasteiger partial charge in [-0.2, -0.15) is 0 Å². The summed E-state index contributed by atoms with van der Waals surface area (Å²) >= 11 is 0. The van der Waals surface area contributed by atoms with Gasteiger partial charge in [0.25, 0.3) is 0 Å². The highest BCUT2D eigenvalue weighted by Gasteiger charge is 2.13. The number of terminal acetylenes is 1. The topological polar surface area (TPSA) is 18.5 Å². The Labute approximate surface area is 83.8 Å². The summed E-state index contributed by atoms with van der Waals surface area (Å²) in [5.74, 6) is 4.42. The predicted octanol–water partition coefficient (Wildman–Crippen LogP) is 2.19. The molecule has 1 aliphatic heterocycles. The van der Waals surface area contributed by atoms with Crippen molar-refractivity contribution in [3.8, 4) is 23.8 Å². The standard InChI is InChI=1S/C12H12O2/c1-3-9(2)10-4-5-11-12(8-10)14-7-6-13-11/h1,4-5,8-9H,6-7H2,2H3/t9-/m1/s1. The highest BCUT2D eigenvalue weighted by Crippen LogP contribution is 2.32. The van der Waals surface area contributed by atoms with E-state index in [1.54, 1.807) is 0 Å². The smallest absolute Gasteiger partial charge is 0.161 e. The number of fused-ring (bicyclic) bond motifs is 1. The molecule has 0 amide bonds. The molecule has 0 saturated heterocycles. The molecule has 0 aliphatic carbocycles. The monoisotopic (exact) mass is 188 g/mol. The fourth-order valence-corrected chi connectivity index (χ4v) is 1.43. The molecular formula is C12H12O2. The lowest BCUT2D eigenvalue weighted by Gasteiger charge is -2.19. The van der Waals surface area contributed by atoms with Crippen LogP contribution in [-0.2, 0) is 0 Å². The van der Waals surface area contributed by atoms with Crippen molar-refractivity contribution < 1.29 is 9.47 Å². The molecule has 0 spiro atoms. The average Bonchev–Trinajstić information content (AvgIpc) is 2.27. The quantitative estimate of drug-likeness (QED) is 0.629. The van der Waals surface area contributed by atoms with Gasteiger partial charge in [-0.05, 0) is 24.6 Å². The molecule has 2 heteroatoms. The van der Waals surface area contributed by atoms with Gasteiger partial charge in [0.1, 0.15) is 13.2 Å². The zero-order valence-corrected chi connectivity index (χ0v) is 8.12. The van der Waals surface area contributed by atoms with Crippen molar-refractivity contribution >= 4 is 0 Å². The number of hydrogen-bond acceptors (Lipinski definition) is 2. The summed E-state index contributed by atoms with van der Waals surface area (Å²) in [7, 11) is 0. The molecule has 1 atom stereocenters. The molecule has 2 rings (SSSR count). The Morgan fingerprint density at radius 1 is 1.29 bits per heavy atom. The summed E-state index contributed by atoms with van der Waals surface area (Å²) in [5.41, 5.74) is 1.09. The molecule has 0 N–H and O–H groups in total. The Balaban J connectivity index is 2.34. The molecule has 0 fully saturated rings. The van der Waals surface area contributed by atoms with Crippen molar-refractivity contribution in [2.24, 2.45) is 0 Å². The minimum Gasteiger partial charge on any atom is -0.486 e. The van der Waals surface area contributed by atoms with E-state index >= 15 is 0 Å². The fraction of sp³-hybridized carbons (Fsp3) is 0.333. The molecule has 0 bridgehead atoms. The minimum absolute atomic E-state index is 0.117. The van der Waals surface area contributed by atoms with Crippen LogP contribution in [0.4, 0.5) is 0 Å². The Morgan fingerprint density at radius 3 is 2.71 bits per heavy atom. The molecule has 1 aliphatic rings. The van der Waals surface area contributed by atoms with E-state index in [9.17, 15) is 0 Å². The lowest BCUT2D eigenvalue weighted by atomic mass is 10.0. The summed E-state index contributed by atoms with van der Waals surface area (Å²) in [6.45, 7) is 3.23. The fourth-order valence-electron chi connectivity index (χ4n) is 1.43. The molecule has 0 unspecified atom stereocenters. The number of rotatable bonds is 1. The Hall–Kier alpha value is -1.62. The van der Waals surface area contributed by atoms with Gasteiger partial charge in [-0.1, -0.05) is 12.0 Å². The van der Waals surface area contributed by atoms with Crippen LogP contribution in [0.1, 0.15) is 18.4 Å². The predicted molar refractivity (Wildman–Crippen MR) is 54.7 cm³/mol. The van der Waals surface area contributed by atoms with Crippen LogP contribution in [0.25, 0.3) is 0 Å². The first kappa shape index (κ1) is 8.96. The van der Waals surface area contributed by atoms with Gasteiger partial charge in [0.15, 0.2) is 11.5 Å². The van der Waals surface area contributed by atoms with Gasteiger partial charge < -0.3 is 9.47 Å². The van der Waals surface area contributed by atoms with Crippen LogP contribution >= 0.6 is 0 Å². The zero-order chi connectivity index (χ0) is 9.97. The Bertz CT molecular complexity index is 376. The lowest BCUT2D eigenvalue weighted by molar-refractivity contribution is 0.171. The third-order valence-electron chi connectivity index (χ3n) is 2.32. The van der Waals surface area contributed by atoms with E-state index in [1.807, 2.05) is 25.1 Å². The number of ether oxygens (including phenoxy) is 2. The lowest BCUT2D eigenvalue weighted by Crippen LogP contribution is -2.15. The summed E-state index contributed by atoms with van der Waals surface area (Å²) in [6.07, 6.45) is 5.36. The first-order chi connectivity index (χ1) is 6.81. The van der Waals surface area contributed by atoms with Gasteiger partial charge in [0, 0.05) is 5.92 Å². The number of hydrogen-bond donors (Lipinski definition) is 0. The number of benzene rings is 1. The summed E-state index contributed by atoms with van der Waals surface area (Å²) in [5, 5.41) is 0. The van der Waals surface area contributed by atoms with E-state index < -0.39 is 0 Å². The van der Waals surface area contributed by atoms with E-state index in [1.165, 1.54) is 0 Å².